The van der Waals surface area contributed by atoms with Crippen molar-refractivity contribution in [3.63, 3.8) is 0 Å². The summed E-state index contributed by atoms with van der Waals surface area (Å²) in [4.78, 5) is 0. The van der Waals surface area contributed by atoms with Gasteiger partial charge in [-0.3, -0.25) is 0 Å². The fraction of sp³-hybridized carbons (Fsp3) is 0.176. The molecule has 0 aliphatic heterocycles. The van der Waals surface area contributed by atoms with Gasteiger partial charge in [-0.05, 0) is 38.0 Å². The summed E-state index contributed by atoms with van der Waals surface area (Å²) in [5, 5.41) is 0. The van der Waals surface area contributed by atoms with Gasteiger partial charge >= 0.3 is 0 Å². The van der Waals surface area contributed by atoms with E-state index in [9.17, 15) is 0 Å². The van der Waals surface area contributed by atoms with E-state index in [0.29, 0.717) is 0 Å². The Balaban J connectivity index is 2.85. The van der Waals surface area contributed by atoms with Crippen molar-refractivity contribution in [1.29, 1.82) is 0 Å². The molecule has 0 saturated carbocycles. The number of hydrogen-bond donors (Lipinski definition) is 0. The Bertz CT molecular complexity index is 471. The lowest BCUT2D eigenvalue weighted by molar-refractivity contribution is 1.51. The van der Waals surface area contributed by atoms with Crippen molar-refractivity contribution in [2.75, 3.05) is 0 Å². The summed E-state index contributed by atoms with van der Waals surface area (Å²) in [5.41, 5.74) is 4.74. The Morgan fingerprint density at radius 1 is 1.24 bits per heavy atom. The molecule has 1 aromatic rings. The maximum Gasteiger partial charge on any atom is -0.0227 e. The number of benzene rings is 1. The van der Waals surface area contributed by atoms with E-state index >= 15 is 0 Å². The zero-order valence-corrected chi connectivity index (χ0v) is 10.9. The summed E-state index contributed by atoms with van der Waals surface area (Å²) in [6, 6.07) is 8.41. The molecule has 0 aliphatic rings. The third kappa shape index (κ3) is 4.69. The molecule has 88 valence electrons. The third-order valence-corrected chi connectivity index (χ3v) is 2.47. The summed E-state index contributed by atoms with van der Waals surface area (Å²) in [7, 11) is 0. The van der Waals surface area contributed by atoms with Crippen molar-refractivity contribution in [2.24, 2.45) is 0 Å². The average molecular weight is 224 g/mol. The van der Waals surface area contributed by atoms with E-state index in [0.717, 1.165) is 5.57 Å². The second-order valence-electron chi connectivity index (χ2n) is 4.18. The first kappa shape index (κ1) is 13.2. The van der Waals surface area contributed by atoms with Gasteiger partial charge in [-0.15, -0.1) is 0 Å². The van der Waals surface area contributed by atoms with Gasteiger partial charge < -0.3 is 0 Å². The topological polar surface area (TPSA) is 0 Å². The van der Waals surface area contributed by atoms with Gasteiger partial charge in [0.25, 0.3) is 0 Å². The molecular formula is C17H20. The van der Waals surface area contributed by atoms with Gasteiger partial charge in [-0.2, -0.15) is 0 Å². The van der Waals surface area contributed by atoms with Crippen LogP contribution in [-0.2, 0) is 0 Å². The van der Waals surface area contributed by atoms with Crippen molar-refractivity contribution in [3.05, 3.63) is 71.8 Å². The van der Waals surface area contributed by atoms with Crippen LogP contribution in [-0.4, -0.2) is 0 Å². The molecular weight excluding hydrogens is 204 g/mol. The maximum absolute atomic E-state index is 3.96. The molecule has 0 bridgehead atoms. The zero-order valence-electron chi connectivity index (χ0n) is 10.9. The molecule has 1 rings (SSSR count). The average Bonchev–Trinajstić information content (AvgIpc) is 2.34. The SMILES string of the molecule is C=C(C)c1cccc(/C=C/C(C)=C/C=C\C)c1. The maximum atomic E-state index is 3.96. The van der Waals surface area contributed by atoms with Crippen molar-refractivity contribution in [2.45, 2.75) is 20.8 Å². The van der Waals surface area contributed by atoms with Crippen LogP contribution in [0.3, 0.4) is 0 Å². The number of hydrogen-bond acceptors (Lipinski definition) is 0. The minimum absolute atomic E-state index is 1.10. The number of allylic oxidation sites excluding steroid dienone is 6. The van der Waals surface area contributed by atoms with Crippen LogP contribution in [0.5, 0.6) is 0 Å². The predicted octanol–water partition coefficient (Wildman–Crippen LogP) is 5.26. The Morgan fingerprint density at radius 3 is 2.65 bits per heavy atom. The molecule has 0 aliphatic carbocycles. The van der Waals surface area contributed by atoms with Crippen LogP contribution >= 0.6 is 0 Å². The molecule has 0 unspecified atom stereocenters. The van der Waals surface area contributed by atoms with E-state index in [2.05, 4.69) is 56.0 Å². The quantitative estimate of drug-likeness (QED) is 0.612. The molecule has 0 spiro atoms. The molecule has 0 saturated heterocycles. The second kappa shape index (κ2) is 6.70. The van der Waals surface area contributed by atoms with Crippen LogP contribution in [0.4, 0.5) is 0 Å². The molecule has 0 atom stereocenters. The molecule has 0 amide bonds. The lowest BCUT2D eigenvalue weighted by Crippen LogP contribution is -1.79. The first-order chi connectivity index (χ1) is 8.13. The predicted molar refractivity (Wildman–Crippen MR) is 78.8 cm³/mol. The molecule has 17 heavy (non-hydrogen) atoms. The molecule has 0 radical (unpaired) electrons. The van der Waals surface area contributed by atoms with E-state index in [1.165, 1.54) is 16.7 Å². The molecule has 1 aromatic carbocycles. The fourth-order valence-corrected chi connectivity index (χ4v) is 1.44. The van der Waals surface area contributed by atoms with E-state index in [-0.39, 0.29) is 0 Å². The van der Waals surface area contributed by atoms with Gasteiger partial charge in [0.05, 0.1) is 0 Å². The molecule has 0 aromatic heterocycles. The van der Waals surface area contributed by atoms with Crippen LogP contribution in [0, 0.1) is 0 Å². The molecule has 0 nitrogen and oxygen atoms in total. The standard InChI is InChI=1S/C17H20/c1-5-6-8-15(4)11-12-16-9-7-10-17(13-16)14(2)3/h5-13H,2H2,1,3-4H3/b6-5-,12-11+,15-8+. The first-order valence-corrected chi connectivity index (χ1v) is 5.87. The van der Waals surface area contributed by atoms with Gasteiger partial charge in [-0.25, -0.2) is 0 Å². The minimum atomic E-state index is 1.10. The molecule has 0 heterocycles. The lowest BCUT2D eigenvalue weighted by Gasteiger charge is -2.00. The van der Waals surface area contributed by atoms with Gasteiger partial charge in [0, 0.05) is 0 Å². The van der Waals surface area contributed by atoms with E-state index in [1.54, 1.807) is 0 Å². The number of rotatable bonds is 4. The highest BCUT2D eigenvalue weighted by Gasteiger charge is 1.93. The summed E-state index contributed by atoms with van der Waals surface area (Å²) in [5.74, 6) is 0. The van der Waals surface area contributed by atoms with Crippen LogP contribution in [0.25, 0.3) is 11.6 Å². The van der Waals surface area contributed by atoms with E-state index in [4.69, 9.17) is 0 Å². The Labute approximate surface area is 105 Å². The highest BCUT2D eigenvalue weighted by Crippen LogP contribution is 2.14. The van der Waals surface area contributed by atoms with E-state index in [1.807, 2.05) is 26.0 Å². The monoisotopic (exact) mass is 224 g/mol. The highest BCUT2D eigenvalue weighted by molar-refractivity contribution is 5.65. The third-order valence-electron chi connectivity index (χ3n) is 2.47. The van der Waals surface area contributed by atoms with E-state index < -0.39 is 0 Å². The summed E-state index contributed by atoms with van der Waals surface area (Å²) < 4.78 is 0. The van der Waals surface area contributed by atoms with Gasteiger partial charge in [0.1, 0.15) is 0 Å². The Kier molecular flexibility index (Phi) is 5.22. The summed E-state index contributed by atoms with van der Waals surface area (Å²) in [6.45, 7) is 10.1. The summed E-state index contributed by atoms with van der Waals surface area (Å²) >= 11 is 0. The largest absolute Gasteiger partial charge is 0.0955 e. The Morgan fingerprint density at radius 2 is 2.00 bits per heavy atom. The zero-order chi connectivity index (χ0) is 12.7. The van der Waals surface area contributed by atoms with Crippen LogP contribution < -0.4 is 0 Å². The van der Waals surface area contributed by atoms with Crippen molar-refractivity contribution in [3.8, 4) is 0 Å². The van der Waals surface area contributed by atoms with Gasteiger partial charge in [0.15, 0.2) is 0 Å². The smallest absolute Gasteiger partial charge is 0.0227 e. The second-order valence-corrected chi connectivity index (χ2v) is 4.18. The fourth-order valence-electron chi connectivity index (χ4n) is 1.44. The van der Waals surface area contributed by atoms with Crippen LogP contribution in [0.15, 0.2) is 60.7 Å². The van der Waals surface area contributed by atoms with Gasteiger partial charge in [0.2, 0.25) is 0 Å². The summed E-state index contributed by atoms with van der Waals surface area (Å²) in [6.07, 6.45) is 10.4. The molecule has 0 fully saturated rings. The van der Waals surface area contributed by atoms with Crippen molar-refractivity contribution < 1.29 is 0 Å². The van der Waals surface area contributed by atoms with Crippen LogP contribution in [0.2, 0.25) is 0 Å². The van der Waals surface area contributed by atoms with Crippen molar-refractivity contribution >= 4 is 11.6 Å². The highest BCUT2D eigenvalue weighted by atomic mass is 14.0. The van der Waals surface area contributed by atoms with Crippen LogP contribution in [0.1, 0.15) is 31.9 Å². The molecule has 0 heteroatoms. The van der Waals surface area contributed by atoms with Crippen molar-refractivity contribution in [1.82, 2.24) is 0 Å². The van der Waals surface area contributed by atoms with Gasteiger partial charge in [-0.1, -0.05) is 66.3 Å². The normalized spacial score (nSPS) is 12.5. The first-order valence-electron chi connectivity index (χ1n) is 5.87. The lowest BCUT2D eigenvalue weighted by atomic mass is 10.1. The minimum Gasteiger partial charge on any atom is -0.0955 e. The molecule has 0 N–H and O–H groups in total. The Hall–Kier alpha value is -1.82.